The van der Waals surface area contributed by atoms with Crippen LogP contribution in [0.2, 0.25) is 0 Å². The molecule has 1 fully saturated rings. The molecule has 1 aliphatic carbocycles. The molecule has 1 heteroatoms. The smallest absolute Gasteiger partial charge is 0.0650 e. The van der Waals surface area contributed by atoms with Gasteiger partial charge in [-0.2, -0.15) is 0 Å². The zero-order chi connectivity index (χ0) is 9.73. The molecule has 0 amide bonds. The zero-order valence-corrected chi connectivity index (χ0v) is 9.18. The van der Waals surface area contributed by atoms with Crippen molar-refractivity contribution in [3.05, 3.63) is 0 Å². The summed E-state index contributed by atoms with van der Waals surface area (Å²) >= 11 is 0. The summed E-state index contributed by atoms with van der Waals surface area (Å²) in [6, 6.07) is 0. The van der Waals surface area contributed by atoms with Crippen LogP contribution in [0.5, 0.6) is 0 Å². The maximum atomic E-state index is 10.2. The van der Waals surface area contributed by atoms with Gasteiger partial charge in [-0.1, -0.05) is 39.5 Å². The van der Waals surface area contributed by atoms with Gasteiger partial charge in [-0.05, 0) is 31.6 Å². The molecule has 0 aromatic carbocycles. The highest BCUT2D eigenvalue weighted by Gasteiger charge is 2.34. The molecule has 0 aliphatic heterocycles. The van der Waals surface area contributed by atoms with E-state index < -0.39 is 0 Å². The van der Waals surface area contributed by atoms with Crippen molar-refractivity contribution in [1.82, 2.24) is 0 Å². The third-order valence-electron chi connectivity index (χ3n) is 3.33. The molecule has 0 bridgehead atoms. The Labute approximate surface area is 82.5 Å². The summed E-state index contributed by atoms with van der Waals surface area (Å²) in [4.78, 5) is 0. The number of rotatable bonds is 5. The molecule has 0 heterocycles. The standard InChI is InChI=1S/C12H24O/c1-3-4-5-6-8-12(13)9-7-11(2)10-12/h11,13H,3-10H2,1-2H3. The fraction of sp³-hybridized carbons (Fsp3) is 1.00. The molecule has 13 heavy (non-hydrogen) atoms. The van der Waals surface area contributed by atoms with Crippen LogP contribution in [0.15, 0.2) is 0 Å². The lowest BCUT2D eigenvalue weighted by Gasteiger charge is -2.22. The lowest BCUT2D eigenvalue weighted by Crippen LogP contribution is -2.24. The lowest BCUT2D eigenvalue weighted by atomic mass is 9.93. The van der Waals surface area contributed by atoms with Crippen molar-refractivity contribution in [3.63, 3.8) is 0 Å². The van der Waals surface area contributed by atoms with Gasteiger partial charge in [0.15, 0.2) is 0 Å². The van der Waals surface area contributed by atoms with Gasteiger partial charge < -0.3 is 5.11 Å². The average Bonchev–Trinajstić information content (AvgIpc) is 2.41. The van der Waals surface area contributed by atoms with Crippen molar-refractivity contribution >= 4 is 0 Å². The van der Waals surface area contributed by atoms with E-state index in [1.807, 2.05) is 0 Å². The first-order valence-electron chi connectivity index (χ1n) is 5.89. The van der Waals surface area contributed by atoms with E-state index in [1.54, 1.807) is 0 Å². The van der Waals surface area contributed by atoms with Crippen molar-refractivity contribution in [3.8, 4) is 0 Å². The van der Waals surface area contributed by atoms with Gasteiger partial charge in [0.1, 0.15) is 0 Å². The van der Waals surface area contributed by atoms with Crippen LogP contribution in [0.1, 0.15) is 65.2 Å². The van der Waals surface area contributed by atoms with Crippen LogP contribution in [0.3, 0.4) is 0 Å². The van der Waals surface area contributed by atoms with E-state index in [-0.39, 0.29) is 5.60 Å². The molecule has 1 aliphatic rings. The van der Waals surface area contributed by atoms with Crippen molar-refractivity contribution in [2.24, 2.45) is 5.92 Å². The van der Waals surface area contributed by atoms with Crippen LogP contribution in [0, 0.1) is 5.92 Å². The summed E-state index contributed by atoms with van der Waals surface area (Å²) in [5.74, 6) is 0.746. The number of unbranched alkanes of at least 4 members (excludes halogenated alkanes) is 3. The Hall–Kier alpha value is -0.0400. The molecule has 0 aromatic heterocycles. The molecule has 0 aromatic rings. The van der Waals surface area contributed by atoms with Gasteiger partial charge in [0.05, 0.1) is 5.60 Å². The molecular formula is C12H24O. The van der Waals surface area contributed by atoms with Gasteiger partial charge in [-0.25, -0.2) is 0 Å². The molecule has 1 rings (SSSR count). The fourth-order valence-electron chi connectivity index (χ4n) is 2.48. The largest absolute Gasteiger partial charge is 0.390 e. The predicted octanol–water partition coefficient (Wildman–Crippen LogP) is 3.51. The summed E-state index contributed by atoms with van der Waals surface area (Å²) in [6.45, 7) is 4.48. The zero-order valence-electron chi connectivity index (χ0n) is 9.18. The van der Waals surface area contributed by atoms with Gasteiger partial charge in [0, 0.05) is 0 Å². The first kappa shape index (κ1) is 11.0. The van der Waals surface area contributed by atoms with Crippen LogP contribution in [0.25, 0.3) is 0 Å². The van der Waals surface area contributed by atoms with Crippen LogP contribution in [-0.4, -0.2) is 10.7 Å². The minimum absolute atomic E-state index is 0.285. The molecule has 1 N–H and O–H groups in total. The van der Waals surface area contributed by atoms with Crippen LogP contribution >= 0.6 is 0 Å². The van der Waals surface area contributed by atoms with Gasteiger partial charge in [-0.15, -0.1) is 0 Å². The first-order valence-corrected chi connectivity index (χ1v) is 5.89. The summed E-state index contributed by atoms with van der Waals surface area (Å²) in [5.41, 5.74) is -0.285. The molecule has 2 atom stereocenters. The van der Waals surface area contributed by atoms with Crippen LogP contribution in [-0.2, 0) is 0 Å². The fourth-order valence-corrected chi connectivity index (χ4v) is 2.48. The van der Waals surface area contributed by atoms with Crippen molar-refractivity contribution < 1.29 is 5.11 Å². The molecule has 2 unspecified atom stereocenters. The Balaban J connectivity index is 2.12. The molecular weight excluding hydrogens is 160 g/mol. The highest BCUT2D eigenvalue weighted by molar-refractivity contribution is 4.87. The van der Waals surface area contributed by atoms with E-state index in [9.17, 15) is 5.11 Å². The molecule has 0 radical (unpaired) electrons. The minimum atomic E-state index is -0.285. The van der Waals surface area contributed by atoms with E-state index >= 15 is 0 Å². The average molecular weight is 184 g/mol. The van der Waals surface area contributed by atoms with Gasteiger partial charge in [0.2, 0.25) is 0 Å². The molecule has 0 saturated heterocycles. The predicted molar refractivity (Wildman–Crippen MR) is 56.7 cm³/mol. The SMILES string of the molecule is CCCCCCC1(O)CCC(C)C1. The van der Waals surface area contributed by atoms with Crippen LogP contribution in [0.4, 0.5) is 0 Å². The van der Waals surface area contributed by atoms with Gasteiger partial charge in [-0.3, -0.25) is 0 Å². The minimum Gasteiger partial charge on any atom is -0.390 e. The van der Waals surface area contributed by atoms with Crippen molar-refractivity contribution in [2.45, 2.75) is 70.8 Å². The third kappa shape index (κ3) is 3.68. The Bertz CT molecular complexity index is 144. The topological polar surface area (TPSA) is 20.2 Å². The van der Waals surface area contributed by atoms with E-state index in [4.69, 9.17) is 0 Å². The number of aliphatic hydroxyl groups is 1. The molecule has 78 valence electrons. The van der Waals surface area contributed by atoms with E-state index in [2.05, 4.69) is 13.8 Å². The van der Waals surface area contributed by atoms with E-state index in [0.717, 1.165) is 25.2 Å². The normalized spacial score (nSPS) is 33.9. The third-order valence-corrected chi connectivity index (χ3v) is 3.33. The Morgan fingerprint density at radius 3 is 2.62 bits per heavy atom. The number of hydrogen-bond acceptors (Lipinski definition) is 1. The Morgan fingerprint density at radius 2 is 2.08 bits per heavy atom. The summed E-state index contributed by atoms with van der Waals surface area (Å²) < 4.78 is 0. The van der Waals surface area contributed by atoms with Crippen LogP contribution < -0.4 is 0 Å². The van der Waals surface area contributed by atoms with E-state index in [1.165, 1.54) is 32.1 Å². The highest BCUT2D eigenvalue weighted by atomic mass is 16.3. The van der Waals surface area contributed by atoms with Gasteiger partial charge >= 0.3 is 0 Å². The summed E-state index contributed by atoms with van der Waals surface area (Å²) in [7, 11) is 0. The molecule has 0 spiro atoms. The van der Waals surface area contributed by atoms with Crippen molar-refractivity contribution in [2.75, 3.05) is 0 Å². The van der Waals surface area contributed by atoms with Crippen molar-refractivity contribution in [1.29, 1.82) is 0 Å². The lowest BCUT2D eigenvalue weighted by molar-refractivity contribution is 0.0327. The second-order valence-corrected chi connectivity index (χ2v) is 4.88. The molecule has 1 saturated carbocycles. The molecule has 1 nitrogen and oxygen atoms in total. The quantitative estimate of drug-likeness (QED) is 0.648. The monoisotopic (exact) mass is 184 g/mol. The maximum absolute atomic E-state index is 10.2. The Kier molecular flexibility index (Phi) is 4.24. The Morgan fingerprint density at radius 1 is 1.31 bits per heavy atom. The second-order valence-electron chi connectivity index (χ2n) is 4.88. The highest BCUT2D eigenvalue weighted by Crippen LogP contribution is 2.37. The maximum Gasteiger partial charge on any atom is 0.0650 e. The summed E-state index contributed by atoms with van der Waals surface area (Å²) in [5, 5.41) is 10.2. The second kappa shape index (κ2) is 4.99. The van der Waals surface area contributed by atoms with E-state index in [0.29, 0.717) is 0 Å². The first-order chi connectivity index (χ1) is 6.16. The summed E-state index contributed by atoms with van der Waals surface area (Å²) in [6.07, 6.45) is 9.48. The number of hydrogen-bond donors (Lipinski definition) is 1. The van der Waals surface area contributed by atoms with Gasteiger partial charge in [0.25, 0.3) is 0 Å².